The van der Waals surface area contributed by atoms with Crippen LogP contribution in [0.5, 0.6) is 11.5 Å². The summed E-state index contributed by atoms with van der Waals surface area (Å²) in [6, 6.07) is 11.5. The summed E-state index contributed by atoms with van der Waals surface area (Å²) in [5.74, 6) is 0.762. The molecular weight excluding hydrogens is 390 g/mol. The van der Waals surface area contributed by atoms with E-state index in [0.29, 0.717) is 27.2 Å². The highest BCUT2D eigenvalue weighted by molar-refractivity contribution is 7.16. The number of fused-ring (bicyclic) bond motifs is 1. The zero-order valence-electron chi connectivity index (χ0n) is 16.4. The molecule has 2 aromatic carbocycles. The predicted molar refractivity (Wildman–Crippen MR) is 111 cm³/mol. The van der Waals surface area contributed by atoms with E-state index in [4.69, 9.17) is 19.2 Å². The molecule has 0 aliphatic carbocycles. The van der Waals surface area contributed by atoms with Gasteiger partial charge in [-0.2, -0.15) is 0 Å². The Morgan fingerprint density at radius 1 is 1.03 bits per heavy atom. The quantitative estimate of drug-likeness (QED) is 0.459. The van der Waals surface area contributed by atoms with E-state index in [0.717, 1.165) is 22.2 Å². The first-order chi connectivity index (χ1) is 14.0. The largest absolute Gasteiger partial charge is 0.493 e. The van der Waals surface area contributed by atoms with Gasteiger partial charge in [-0.3, -0.25) is 4.57 Å². The van der Waals surface area contributed by atoms with Crippen molar-refractivity contribution in [1.29, 1.82) is 0 Å². The van der Waals surface area contributed by atoms with Crippen molar-refractivity contribution in [2.75, 3.05) is 21.3 Å². The fraction of sp³-hybridized carbons (Fsp3) is 0.190. The molecule has 0 fully saturated rings. The second kappa shape index (κ2) is 7.56. The van der Waals surface area contributed by atoms with Crippen LogP contribution in [-0.4, -0.2) is 41.8 Å². The fourth-order valence-electron chi connectivity index (χ4n) is 3.04. The number of thiazole rings is 1. The first kappa shape index (κ1) is 18.9. The molecule has 8 heteroatoms. The molecule has 7 nitrogen and oxygen atoms in total. The molecule has 0 aliphatic rings. The van der Waals surface area contributed by atoms with E-state index in [9.17, 15) is 4.79 Å². The first-order valence-electron chi connectivity index (χ1n) is 8.81. The smallest absolute Gasteiger partial charge is 0.350 e. The predicted octanol–water partition coefficient (Wildman–Crippen LogP) is 4.26. The zero-order valence-corrected chi connectivity index (χ0v) is 17.2. The number of carbonyl (C=O) groups is 1. The van der Waals surface area contributed by atoms with Gasteiger partial charge in [0.1, 0.15) is 11.2 Å². The highest BCUT2D eigenvalue weighted by atomic mass is 32.1. The van der Waals surface area contributed by atoms with Crippen LogP contribution in [-0.2, 0) is 4.74 Å². The van der Waals surface area contributed by atoms with E-state index in [1.807, 2.05) is 41.8 Å². The number of nitrogens with zero attached hydrogens (tertiary/aromatic N) is 3. The van der Waals surface area contributed by atoms with Gasteiger partial charge in [0.2, 0.25) is 0 Å². The zero-order chi connectivity index (χ0) is 20.5. The number of aromatic nitrogens is 3. The minimum absolute atomic E-state index is 0.423. The Hall–Kier alpha value is -3.39. The molecule has 0 saturated heterocycles. The Morgan fingerprint density at radius 2 is 1.72 bits per heavy atom. The Bertz CT molecular complexity index is 1190. The second-order valence-electron chi connectivity index (χ2n) is 6.34. The third kappa shape index (κ3) is 3.31. The number of rotatable bonds is 5. The van der Waals surface area contributed by atoms with Gasteiger partial charge in [0.05, 0.1) is 38.1 Å². The number of aryl methyl sites for hydroxylation is 1. The molecule has 148 valence electrons. The van der Waals surface area contributed by atoms with Crippen LogP contribution in [0, 0.1) is 6.92 Å². The summed E-state index contributed by atoms with van der Waals surface area (Å²) >= 11 is 1.25. The number of hydrogen-bond donors (Lipinski definition) is 0. The maximum absolute atomic E-state index is 12.4. The molecule has 0 amide bonds. The van der Waals surface area contributed by atoms with Crippen LogP contribution in [0.2, 0.25) is 0 Å². The number of hydrogen-bond acceptors (Lipinski definition) is 7. The molecule has 0 bridgehead atoms. The molecule has 0 N–H and O–H groups in total. The summed E-state index contributed by atoms with van der Waals surface area (Å²) in [7, 11) is 4.53. The Morgan fingerprint density at radius 3 is 2.38 bits per heavy atom. The maximum Gasteiger partial charge on any atom is 0.350 e. The molecule has 2 aromatic heterocycles. The number of benzene rings is 2. The molecule has 0 radical (unpaired) electrons. The van der Waals surface area contributed by atoms with E-state index < -0.39 is 5.97 Å². The standard InChI is InChI=1S/C21H19N3O4S/c1-12-5-7-13(8-6-12)18-19(20(25)28-4)29-21(23-18)24-11-22-14-9-16(26-2)17(27-3)10-15(14)24/h5-11H,1-4H3. The van der Waals surface area contributed by atoms with Crippen molar-refractivity contribution >= 4 is 28.3 Å². The number of ether oxygens (including phenoxy) is 3. The second-order valence-corrected chi connectivity index (χ2v) is 7.32. The van der Waals surface area contributed by atoms with Crippen LogP contribution in [0.15, 0.2) is 42.7 Å². The van der Waals surface area contributed by atoms with E-state index in [2.05, 4.69) is 4.98 Å². The highest BCUT2D eigenvalue weighted by Crippen LogP contribution is 2.35. The summed E-state index contributed by atoms with van der Waals surface area (Å²) in [4.78, 5) is 22.0. The van der Waals surface area contributed by atoms with E-state index in [1.54, 1.807) is 26.6 Å². The van der Waals surface area contributed by atoms with Crippen LogP contribution in [0.3, 0.4) is 0 Å². The van der Waals surface area contributed by atoms with E-state index in [1.165, 1.54) is 18.4 Å². The number of methoxy groups -OCH3 is 3. The number of imidazole rings is 1. The fourth-order valence-corrected chi connectivity index (χ4v) is 4.03. The van der Waals surface area contributed by atoms with Crippen LogP contribution >= 0.6 is 11.3 Å². The van der Waals surface area contributed by atoms with Crippen LogP contribution in [0.1, 0.15) is 15.2 Å². The van der Waals surface area contributed by atoms with Crippen LogP contribution < -0.4 is 9.47 Å². The van der Waals surface area contributed by atoms with Gasteiger partial charge in [-0.05, 0) is 6.92 Å². The summed E-state index contributed by atoms with van der Waals surface area (Å²) in [5, 5.41) is 0.607. The molecular formula is C21H19N3O4S. The normalized spacial score (nSPS) is 10.9. The van der Waals surface area contributed by atoms with Crippen molar-refractivity contribution in [2.24, 2.45) is 0 Å². The summed E-state index contributed by atoms with van der Waals surface area (Å²) < 4.78 is 17.6. The summed E-state index contributed by atoms with van der Waals surface area (Å²) in [6.45, 7) is 2.01. The average molecular weight is 409 g/mol. The van der Waals surface area contributed by atoms with Crippen molar-refractivity contribution in [3.63, 3.8) is 0 Å². The van der Waals surface area contributed by atoms with Crippen molar-refractivity contribution in [3.05, 3.63) is 53.2 Å². The average Bonchev–Trinajstić information content (AvgIpc) is 3.36. The molecule has 0 unspecified atom stereocenters. The molecule has 4 rings (SSSR count). The maximum atomic E-state index is 12.4. The van der Waals surface area contributed by atoms with Gasteiger partial charge in [-0.15, -0.1) is 0 Å². The van der Waals surface area contributed by atoms with Gasteiger partial charge in [-0.25, -0.2) is 14.8 Å². The van der Waals surface area contributed by atoms with Crippen molar-refractivity contribution in [1.82, 2.24) is 14.5 Å². The lowest BCUT2D eigenvalue weighted by Crippen LogP contribution is -2.00. The molecule has 0 atom stereocenters. The van der Waals surface area contributed by atoms with E-state index >= 15 is 0 Å². The topological polar surface area (TPSA) is 75.5 Å². The Kier molecular flexibility index (Phi) is 4.94. The molecule has 2 heterocycles. The van der Waals surface area contributed by atoms with Crippen LogP contribution in [0.25, 0.3) is 27.4 Å². The van der Waals surface area contributed by atoms with Gasteiger partial charge < -0.3 is 14.2 Å². The van der Waals surface area contributed by atoms with Crippen molar-refractivity contribution in [2.45, 2.75) is 6.92 Å². The van der Waals surface area contributed by atoms with Crippen molar-refractivity contribution in [3.8, 4) is 27.9 Å². The van der Waals surface area contributed by atoms with Crippen molar-refractivity contribution < 1.29 is 19.0 Å². The van der Waals surface area contributed by atoms with E-state index in [-0.39, 0.29) is 0 Å². The monoisotopic (exact) mass is 409 g/mol. The third-order valence-electron chi connectivity index (χ3n) is 4.57. The lowest BCUT2D eigenvalue weighted by molar-refractivity contribution is 0.0607. The molecule has 29 heavy (non-hydrogen) atoms. The van der Waals surface area contributed by atoms with Gasteiger partial charge in [0.25, 0.3) is 0 Å². The summed E-state index contributed by atoms with van der Waals surface area (Å²) in [6.07, 6.45) is 1.67. The lowest BCUT2D eigenvalue weighted by atomic mass is 10.1. The first-order valence-corrected chi connectivity index (χ1v) is 9.63. The van der Waals surface area contributed by atoms with Gasteiger partial charge in [0, 0.05) is 17.7 Å². The number of esters is 1. The molecule has 0 aliphatic heterocycles. The van der Waals surface area contributed by atoms with Gasteiger partial charge in [-0.1, -0.05) is 41.2 Å². The Balaban J connectivity index is 1.89. The Labute approximate surface area is 171 Å². The summed E-state index contributed by atoms with van der Waals surface area (Å²) in [5.41, 5.74) is 4.09. The minimum atomic E-state index is -0.423. The van der Waals surface area contributed by atoms with Gasteiger partial charge in [0.15, 0.2) is 16.6 Å². The number of carbonyl (C=O) groups excluding carboxylic acids is 1. The molecule has 4 aromatic rings. The lowest BCUT2D eigenvalue weighted by Gasteiger charge is -2.07. The minimum Gasteiger partial charge on any atom is -0.493 e. The molecule has 0 saturated carbocycles. The highest BCUT2D eigenvalue weighted by Gasteiger charge is 2.22. The third-order valence-corrected chi connectivity index (χ3v) is 5.61. The molecule has 0 spiro atoms. The SMILES string of the molecule is COC(=O)c1sc(-n2cnc3cc(OC)c(OC)cc32)nc1-c1ccc(C)cc1. The van der Waals surface area contributed by atoms with Gasteiger partial charge >= 0.3 is 5.97 Å². The van der Waals surface area contributed by atoms with Crippen LogP contribution in [0.4, 0.5) is 0 Å².